The summed E-state index contributed by atoms with van der Waals surface area (Å²) in [6, 6.07) is 0. The molecule has 2 rings (SSSR count). The number of rotatable bonds is 6. The summed E-state index contributed by atoms with van der Waals surface area (Å²) in [6.07, 6.45) is 7.57. The van der Waals surface area contributed by atoms with Crippen LogP contribution >= 0.6 is 34.8 Å². The lowest BCUT2D eigenvalue weighted by Gasteiger charge is -2.48. The van der Waals surface area contributed by atoms with Gasteiger partial charge in [0.1, 0.15) is 6.10 Å². The maximum absolute atomic E-state index is 12.3. The fourth-order valence-electron chi connectivity index (χ4n) is 3.80. The summed E-state index contributed by atoms with van der Waals surface area (Å²) in [5.41, 5.74) is -0.674. The molecule has 1 saturated heterocycles. The molecular formula is C19H30Cl3NO5. The van der Waals surface area contributed by atoms with Crippen LogP contribution in [0.3, 0.4) is 0 Å². The molecule has 2 aliphatic rings. The van der Waals surface area contributed by atoms with Crippen molar-refractivity contribution in [2.24, 2.45) is 5.92 Å². The second kappa shape index (κ2) is 8.96. The molecule has 1 saturated carbocycles. The van der Waals surface area contributed by atoms with Gasteiger partial charge in [-0.3, -0.25) is 4.79 Å². The van der Waals surface area contributed by atoms with E-state index in [4.69, 9.17) is 53.8 Å². The molecule has 0 bridgehead atoms. The normalized spacial score (nSPS) is 34.5. The standard InChI is InChI=1S/C19H30Cl3NO5/c1-16(13-8-6-7-9-13,23-15(24)19(20,21)22)11-10-14-12-27-17(2,25-4)18(3,26-5)28-14/h10-11,13-14H,6-9,12H2,1-5H3,(H,23,24)/b11-10+/t14-,16+,17-,18-/m1/s1. The van der Waals surface area contributed by atoms with Gasteiger partial charge in [0.15, 0.2) is 0 Å². The van der Waals surface area contributed by atoms with Crippen LogP contribution in [-0.2, 0) is 23.7 Å². The number of hydrogen-bond donors (Lipinski definition) is 1. The number of ether oxygens (including phenoxy) is 4. The molecule has 0 radical (unpaired) electrons. The quantitative estimate of drug-likeness (QED) is 0.479. The van der Waals surface area contributed by atoms with Gasteiger partial charge in [0.05, 0.1) is 12.1 Å². The summed E-state index contributed by atoms with van der Waals surface area (Å²) < 4.78 is 21.0. The van der Waals surface area contributed by atoms with Crippen LogP contribution in [0.15, 0.2) is 12.2 Å². The van der Waals surface area contributed by atoms with Gasteiger partial charge in [-0.25, -0.2) is 0 Å². The van der Waals surface area contributed by atoms with Gasteiger partial charge in [0.2, 0.25) is 11.6 Å². The lowest BCUT2D eigenvalue weighted by molar-refractivity contribution is -0.425. The summed E-state index contributed by atoms with van der Waals surface area (Å²) >= 11 is 17.3. The molecule has 4 atom stereocenters. The zero-order valence-electron chi connectivity index (χ0n) is 17.0. The molecule has 1 heterocycles. The molecule has 1 aliphatic heterocycles. The Hall–Kier alpha value is -0.0800. The number of carbonyl (C=O) groups excluding carboxylic acids is 1. The third-order valence-electron chi connectivity index (χ3n) is 6.00. The molecular weight excluding hydrogens is 429 g/mol. The van der Waals surface area contributed by atoms with E-state index in [1.54, 1.807) is 21.0 Å². The van der Waals surface area contributed by atoms with Crippen LogP contribution < -0.4 is 5.32 Å². The predicted octanol–water partition coefficient (Wildman–Crippen LogP) is 4.12. The number of nitrogens with one attached hydrogen (secondary N) is 1. The lowest BCUT2D eigenvalue weighted by atomic mass is 9.83. The van der Waals surface area contributed by atoms with Crippen LogP contribution in [-0.4, -0.2) is 53.7 Å². The van der Waals surface area contributed by atoms with Crippen molar-refractivity contribution in [2.75, 3.05) is 20.8 Å². The Balaban J connectivity index is 2.20. The fraction of sp³-hybridized carbons (Fsp3) is 0.842. The van der Waals surface area contributed by atoms with Gasteiger partial charge in [0.25, 0.3) is 9.70 Å². The molecule has 0 unspecified atom stereocenters. The average molecular weight is 459 g/mol. The summed E-state index contributed by atoms with van der Waals surface area (Å²) in [5, 5.41) is 2.90. The van der Waals surface area contributed by atoms with E-state index in [9.17, 15) is 4.79 Å². The first kappa shape index (κ1) is 24.2. The van der Waals surface area contributed by atoms with E-state index in [-0.39, 0.29) is 12.5 Å². The molecule has 0 aromatic heterocycles. The van der Waals surface area contributed by atoms with Crippen molar-refractivity contribution >= 4 is 40.7 Å². The van der Waals surface area contributed by atoms with Gasteiger partial charge >= 0.3 is 0 Å². The third kappa shape index (κ3) is 5.15. The van der Waals surface area contributed by atoms with E-state index in [2.05, 4.69) is 5.32 Å². The van der Waals surface area contributed by atoms with Crippen LogP contribution in [0.4, 0.5) is 0 Å². The van der Waals surface area contributed by atoms with E-state index in [1.807, 2.05) is 19.1 Å². The third-order valence-corrected chi connectivity index (χ3v) is 6.52. The van der Waals surface area contributed by atoms with Gasteiger partial charge in [-0.15, -0.1) is 0 Å². The van der Waals surface area contributed by atoms with E-state index >= 15 is 0 Å². The van der Waals surface area contributed by atoms with Crippen LogP contribution in [0.25, 0.3) is 0 Å². The van der Waals surface area contributed by atoms with E-state index in [1.165, 1.54) is 7.11 Å². The van der Waals surface area contributed by atoms with Gasteiger partial charge in [0, 0.05) is 14.2 Å². The minimum Gasteiger partial charge on any atom is -0.349 e. The van der Waals surface area contributed by atoms with Crippen LogP contribution in [0.5, 0.6) is 0 Å². The lowest BCUT2D eigenvalue weighted by Crippen LogP contribution is -2.62. The molecule has 28 heavy (non-hydrogen) atoms. The Labute approximate surface area is 182 Å². The number of hydrogen-bond acceptors (Lipinski definition) is 5. The zero-order chi connectivity index (χ0) is 21.2. The highest BCUT2D eigenvalue weighted by atomic mass is 35.6. The number of amides is 1. The molecule has 6 nitrogen and oxygen atoms in total. The van der Waals surface area contributed by atoms with E-state index < -0.39 is 32.9 Å². The molecule has 1 aliphatic carbocycles. The Morgan fingerprint density at radius 3 is 2.21 bits per heavy atom. The molecule has 0 aromatic rings. The number of carbonyl (C=O) groups is 1. The molecule has 162 valence electrons. The molecule has 9 heteroatoms. The van der Waals surface area contributed by atoms with Crippen molar-refractivity contribution in [3.63, 3.8) is 0 Å². The summed E-state index contributed by atoms with van der Waals surface area (Å²) in [4.78, 5) is 12.3. The summed E-state index contributed by atoms with van der Waals surface area (Å²) in [7, 11) is 3.08. The maximum Gasteiger partial charge on any atom is 0.272 e. The summed E-state index contributed by atoms with van der Waals surface area (Å²) in [6.45, 7) is 5.74. The minimum absolute atomic E-state index is 0.239. The van der Waals surface area contributed by atoms with Crippen LogP contribution in [0.1, 0.15) is 46.5 Å². The van der Waals surface area contributed by atoms with Crippen molar-refractivity contribution in [2.45, 2.75) is 73.5 Å². The van der Waals surface area contributed by atoms with Crippen molar-refractivity contribution in [3.8, 4) is 0 Å². The Morgan fingerprint density at radius 1 is 1.14 bits per heavy atom. The largest absolute Gasteiger partial charge is 0.349 e. The SMILES string of the molecule is CO[C@]1(C)OC[C@@H](/C=C/[C@](C)(NC(=O)C(Cl)(Cl)Cl)C2CCCC2)O[C@@]1(C)OC. The maximum atomic E-state index is 12.3. The minimum atomic E-state index is -2.02. The van der Waals surface area contributed by atoms with Crippen molar-refractivity contribution in [1.29, 1.82) is 0 Å². The molecule has 1 N–H and O–H groups in total. The number of alkyl halides is 3. The Kier molecular flexibility index (Phi) is 7.74. The topological polar surface area (TPSA) is 66.0 Å². The van der Waals surface area contributed by atoms with E-state index in [0.717, 1.165) is 25.7 Å². The second-order valence-electron chi connectivity index (χ2n) is 7.84. The zero-order valence-corrected chi connectivity index (χ0v) is 19.3. The highest BCUT2D eigenvalue weighted by molar-refractivity contribution is 6.76. The Morgan fingerprint density at radius 2 is 1.71 bits per heavy atom. The number of methoxy groups -OCH3 is 2. The Bertz CT molecular complexity index is 593. The second-order valence-corrected chi connectivity index (χ2v) is 10.1. The number of halogens is 3. The van der Waals surface area contributed by atoms with Crippen LogP contribution in [0.2, 0.25) is 0 Å². The predicted molar refractivity (Wildman–Crippen MR) is 110 cm³/mol. The van der Waals surface area contributed by atoms with Crippen molar-refractivity contribution < 1.29 is 23.7 Å². The van der Waals surface area contributed by atoms with Crippen molar-refractivity contribution in [1.82, 2.24) is 5.32 Å². The molecule has 0 aromatic carbocycles. The van der Waals surface area contributed by atoms with Crippen LogP contribution in [0, 0.1) is 5.92 Å². The highest BCUT2D eigenvalue weighted by Gasteiger charge is 2.53. The van der Waals surface area contributed by atoms with Crippen molar-refractivity contribution in [3.05, 3.63) is 12.2 Å². The smallest absolute Gasteiger partial charge is 0.272 e. The van der Waals surface area contributed by atoms with Gasteiger partial charge in [-0.05, 0) is 39.5 Å². The first-order valence-electron chi connectivity index (χ1n) is 9.40. The van der Waals surface area contributed by atoms with Gasteiger partial charge in [-0.1, -0.05) is 59.8 Å². The average Bonchev–Trinajstić information content (AvgIpc) is 3.17. The highest BCUT2D eigenvalue weighted by Crippen LogP contribution is 2.39. The fourth-order valence-corrected chi connectivity index (χ4v) is 3.94. The van der Waals surface area contributed by atoms with Gasteiger partial charge < -0.3 is 24.3 Å². The summed E-state index contributed by atoms with van der Waals surface area (Å²) in [5.74, 6) is -2.54. The van der Waals surface area contributed by atoms with E-state index in [0.29, 0.717) is 0 Å². The first-order valence-corrected chi connectivity index (χ1v) is 10.5. The monoisotopic (exact) mass is 457 g/mol. The van der Waals surface area contributed by atoms with Gasteiger partial charge in [-0.2, -0.15) is 0 Å². The first-order chi connectivity index (χ1) is 12.9. The molecule has 0 spiro atoms. The molecule has 2 fully saturated rings. The molecule has 1 amide bonds.